The number of halogens is 1. The molecule has 1 aliphatic heterocycles. The number of hydrogen-bond donors (Lipinski definition) is 3. The summed E-state index contributed by atoms with van der Waals surface area (Å²) in [5.41, 5.74) is 2.25. The van der Waals surface area contributed by atoms with E-state index in [1.807, 2.05) is 0 Å². The monoisotopic (exact) mass is 463 g/mol. The van der Waals surface area contributed by atoms with Crippen LogP contribution < -0.4 is 15.4 Å². The molecule has 1 atom stereocenters. The third kappa shape index (κ3) is 6.06. The Morgan fingerprint density at radius 1 is 1.13 bits per heavy atom. The van der Waals surface area contributed by atoms with Crippen molar-refractivity contribution in [3.63, 3.8) is 0 Å². The van der Waals surface area contributed by atoms with Gasteiger partial charge in [0.05, 0.1) is 4.90 Å². The highest BCUT2D eigenvalue weighted by Crippen LogP contribution is 2.25. The lowest BCUT2D eigenvalue weighted by Gasteiger charge is -2.22. The normalized spacial score (nSPS) is 15.0. The Morgan fingerprint density at radius 2 is 1.84 bits per heavy atom. The standard InChI is InChI=1S/C22H26ClN3O4S/c1-14(2)21(22(28)24-13-15-6-8-17(23)9-7-15)26-31(29,30)18-10-11-19-16(12-18)4-3-5-20(27)25-19/h6-12,14,21,26H,3-5,13H2,1-2H3,(H,24,28)(H,25,27)/t21-/m1/s1. The van der Waals surface area contributed by atoms with Crippen molar-refractivity contribution < 1.29 is 18.0 Å². The van der Waals surface area contributed by atoms with E-state index in [1.54, 1.807) is 50.2 Å². The topological polar surface area (TPSA) is 104 Å². The number of carbonyl (C=O) groups excluding carboxylic acids is 2. The molecule has 0 fully saturated rings. The van der Waals surface area contributed by atoms with Crippen LogP contribution in [0.25, 0.3) is 0 Å². The molecule has 2 aromatic carbocycles. The molecule has 0 bridgehead atoms. The predicted octanol–water partition coefficient (Wildman–Crippen LogP) is 3.23. The molecular weight excluding hydrogens is 438 g/mol. The first-order chi connectivity index (χ1) is 14.7. The molecule has 3 N–H and O–H groups in total. The Balaban J connectivity index is 1.73. The first-order valence-electron chi connectivity index (χ1n) is 10.1. The highest BCUT2D eigenvalue weighted by Gasteiger charge is 2.29. The quantitative estimate of drug-likeness (QED) is 0.586. The van der Waals surface area contributed by atoms with Gasteiger partial charge >= 0.3 is 0 Å². The lowest BCUT2D eigenvalue weighted by atomic mass is 10.0. The molecule has 0 unspecified atom stereocenters. The van der Waals surface area contributed by atoms with Crippen molar-refractivity contribution in [3.8, 4) is 0 Å². The number of benzene rings is 2. The minimum absolute atomic E-state index is 0.0681. The third-order valence-corrected chi connectivity index (χ3v) is 6.81. The van der Waals surface area contributed by atoms with Crippen molar-refractivity contribution >= 4 is 39.1 Å². The zero-order chi connectivity index (χ0) is 22.6. The first-order valence-corrected chi connectivity index (χ1v) is 12.0. The number of hydrogen-bond acceptors (Lipinski definition) is 4. The molecule has 2 aromatic rings. The second-order valence-electron chi connectivity index (χ2n) is 7.91. The summed E-state index contributed by atoms with van der Waals surface area (Å²) in [5, 5.41) is 6.17. The highest BCUT2D eigenvalue weighted by atomic mass is 35.5. The van der Waals surface area contributed by atoms with Crippen LogP contribution in [0.15, 0.2) is 47.4 Å². The minimum Gasteiger partial charge on any atom is -0.351 e. The van der Waals surface area contributed by atoms with Gasteiger partial charge in [-0.1, -0.05) is 37.6 Å². The van der Waals surface area contributed by atoms with Crippen molar-refractivity contribution in [2.75, 3.05) is 5.32 Å². The van der Waals surface area contributed by atoms with Gasteiger partial charge in [-0.25, -0.2) is 8.42 Å². The molecule has 2 amide bonds. The third-order valence-electron chi connectivity index (χ3n) is 5.12. The molecule has 0 aliphatic carbocycles. The second kappa shape index (κ2) is 9.80. The molecule has 9 heteroatoms. The zero-order valence-corrected chi connectivity index (χ0v) is 19.0. The molecule has 0 aromatic heterocycles. The SMILES string of the molecule is CC(C)[C@@H](NS(=O)(=O)c1ccc2c(c1)CCCC(=O)N2)C(=O)NCc1ccc(Cl)cc1. The maximum Gasteiger partial charge on any atom is 0.241 e. The van der Waals surface area contributed by atoms with E-state index in [9.17, 15) is 18.0 Å². The lowest BCUT2D eigenvalue weighted by molar-refractivity contribution is -0.123. The zero-order valence-electron chi connectivity index (χ0n) is 17.4. The average molecular weight is 464 g/mol. The maximum absolute atomic E-state index is 13.0. The van der Waals surface area contributed by atoms with E-state index in [-0.39, 0.29) is 23.3 Å². The predicted molar refractivity (Wildman–Crippen MR) is 120 cm³/mol. The van der Waals surface area contributed by atoms with Crippen LogP contribution in [0, 0.1) is 5.92 Å². The van der Waals surface area contributed by atoms with Crippen LogP contribution in [0.1, 0.15) is 37.8 Å². The number of carbonyl (C=O) groups is 2. The van der Waals surface area contributed by atoms with Gasteiger partial charge in [-0.15, -0.1) is 0 Å². The summed E-state index contributed by atoms with van der Waals surface area (Å²) in [5.74, 6) is -0.750. The number of aryl methyl sites for hydroxylation is 1. The van der Waals surface area contributed by atoms with Crippen LogP contribution in [0.5, 0.6) is 0 Å². The van der Waals surface area contributed by atoms with Gasteiger partial charge in [0.2, 0.25) is 21.8 Å². The van der Waals surface area contributed by atoms with Crippen LogP contribution >= 0.6 is 11.6 Å². The smallest absolute Gasteiger partial charge is 0.241 e. The van der Waals surface area contributed by atoms with Crippen LogP contribution in [0.3, 0.4) is 0 Å². The van der Waals surface area contributed by atoms with E-state index >= 15 is 0 Å². The molecule has 0 saturated carbocycles. The fourth-order valence-corrected chi connectivity index (χ4v) is 4.87. The molecule has 7 nitrogen and oxygen atoms in total. The summed E-state index contributed by atoms with van der Waals surface area (Å²) < 4.78 is 28.5. The second-order valence-corrected chi connectivity index (χ2v) is 10.1. The fourth-order valence-electron chi connectivity index (χ4n) is 3.35. The van der Waals surface area contributed by atoms with Gasteiger partial charge in [0, 0.05) is 23.7 Å². The molecule has 0 radical (unpaired) electrons. The van der Waals surface area contributed by atoms with Crippen LogP contribution in [0.2, 0.25) is 5.02 Å². The van der Waals surface area contributed by atoms with Crippen molar-refractivity contribution in [2.45, 2.75) is 50.6 Å². The van der Waals surface area contributed by atoms with Crippen LogP contribution in [-0.2, 0) is 32.6 Å². The highest BCUT2D eigenvalue weighted by molar-refractivity contribution is 7.89. The number of sulfonamides is 1. The van der Waals surface area contributed by atoms with Gasteiger partial charge in [0.15, 0.2) is 0 Å². The molecule has 166 valence electrons. The summed E-state index contributed by atoms with van der Waals surface area (Å²) in [7, 11) is -3.94. The van der Waals surface area contributed by atoms with Gasteiger partial charge in [0.25, 0.3) is 0 Å². The van der Waals surface area contributed by atoms with E-state index in [1.165, 1.54) is 6.07 Å². The summed E-state index contributed by atoms with van der Waals surface area (Å²) in [4.78, 5) is 24.5. The largest absolute Gasteiger partial charge is 0.351 e. The van der Waals surface area contributed by atoms with Crippen molar-refractivity contribution in [3.05, 3.63) is 58.6 Å². The molecule has 1 heterocycles. The van der Waals surface area contributed by atoms with E-state index < -0.39 is 22.0 Å². The summed E-state index contributed by atoms with van der Waals surface area (Å²) >= 11 is 5.87. The first kappa shape index (κ1) is 23.2. The Bertz CT molecular complexity index is 1070. The van der Waals surface area contributed by atoms with Gasteiger partial charge in [-0.05, 0) is 60.2 Å². The Hall–Kier alpha value is -2.42. The Morgan fingerprint density at radius 3 is 2.52 bits per heavy atom. The number of fused-ring (bicyclic) bond motifs is 1. The summed E-state index contributed by atoms with van der Waals surface area (Å²) in [6.07, 6.45) is 1.66. The molecule has 0 spiro atoms. The van der Waals surface area contributed by atoms with E-state index in [4.69, 9.17) is 11.6 Å². The molecule has 1 aliphatic rings. The minimum atomic E-state index is -3.94. The maximum atomic E-state index is 13.0. The number of nitrogens with one attached hydrogen (secondary N) is 3. The van der Waals surface area contributed by atoms with Gasteiger partial charge in [-0.2, -0.15) is 4.72 Å². The molecule has 0 saturated heterocycles. The van der Waals surface area contributed by atoms with Crippen LogP contribution in [-0.4, -0.2) is 26.3 Å². The van der Waals surface area contributed by atoms with Gasteiger partial charge in [-0.3, -0.25) is 9.59 Å². The Kier molecular flexibility index (Phi) is 7.35. The van der Waals surface area contributed by atoms with Gasteiger partial charge in [0.1, 0.15) is 6.04 Å². The summed E-state index contributed by atoms with van der Waals surface area (Å²) in [6.45, 7) is 3.82. The van der Waals surface area contributed by atoms with Crippen molar-refractivity contribution in [1.82, 2.24) is 10.0 Å². The van der Waals surface area contributed by atoms with Gasteiger partial charge < -0.3 is 10.6 Å². The molecular formula is C22H26ClN3O4S. The van der Waals surface area contributed by atoms with E-state index in [2.05, 4.69) is 15.4 Å². The van der Waals surface area contributed by atoms with E-state index in [0.717, 1.165) is 11.1 Å². The average Bonchev–Trinajstić information content (AvgIpc) is 2.91. The van der Waals surface area contributed by atoms with Crippen molar-refractivity contribution in [1.29, 1.82) is 0 Å². The fraction of sp³-hybridized carbons (Fsp3) is 0.364. The molecule has 3 rings (SSSR count). The Labute approximate surface area is 187 Å². The van der Waals surface area contributed by atoms with Crippen molar-refractivity contribution in [2.24, 2.45) is 5.92 Å². The number of anilines is 1. The lowest BCUT2D eigenvalue weighted by Crippen LogP contribution is -2.49. The molecule has 31 heavy (non-hydrogen) atoms. The summed E-state index contributed by atoms with van der Waals surface area (Å²) in [6, 6.07) is 10.7. The number of rotatable bonds is 7. The van der Waals surface area contributed by atoms with E-state index in [0.29, 0.717) is 30.0 Å². The number of amides is 2. The van der Waals surface area contributed by atoms with Crippen LogP contribution in [0.4, 0.5) is 5.69 Å².